The SMILES string of the molecule is COc1ccc(N2CCN(Cc3cc(=O)c(OC)cn3CC(=O)Nc3cccc([N+](=O)[O-])c3)CC2)cc1. The third-order valence-corrected chi connectivity index (χ3v) is 6.25. The summed E-state index contributed by atoms with van der Waals surface area (Å²) in [7, 11) is 3.05. The minimum absolute atomic E-state index is 0.0829. The predicted molar refractivity (Wildman–Crippen MR) is 139 cm³/mol. The van der Waals surface area contributed by atoms with Crippen molar-refractivity contribution in [3.05, 3.63) is 86.8 Å². The van der Waals surface area contributed by atoms with Gasteiger partial charge in [-0.1, -0.05) is 6.07 Å². The second kappa shape index (κ2) is 11.6. The minimum Gasteiger partial charge on any atom is -0.497 e. The number of piperazine rings is 1. The molecule has 194 valence electrons. The van der Waals surface area contributed by atoms with Crippen molar-refractivity contribution >= 4 is 23.0 Å². The van der Waals surface area contributed by atoms with Gasteiger partial charge in [-0.15, -0.1) is 0 Å². The molecule has 0 bridgehead atoms. The number of carbonyl (C=O) groups excluding carboxylic acids is 1. The number of nitrogens with zero attached hydrogens (tertiary/aromatic N) is 4. The van der Waals surface area contributed by atoms with Crippen LogP contribution in [0.2, 0.25) is 0 Å². The van der Waals surface area contributed by atoms with Gasteiger partial charge in [0.1, 0.15) is 12.3 Å². The molecule has 2 aromatic carbocycles. The fourth-order valence-corrected chi connectivity index (χ4v) is 4.27. The van der Waals surface area contributed by atoms with Crippen molar-refractivity contribution in [3.63, 3.8) is 0 Å². The van der Waals surface area contributed by atoms with E-state index in [0.717, 1.165) is 37.6 Å². The molecular formula is C26H29N5O6. The highest BCUT2D eigenvalue weighted by Gasteiger charge is 2.20. The van der Waals surface area contributed by atoms with Gasteiger partial charge in [0, 0.05) is 68.0 Å². The highest BCUT2D eigenvalue weighted by Crippen LogP contribution is 2.21. The van der Waals surface area contributed by atoms with E-state index < -0.39 is 4.92 Å². The molecule has 0 unspecified atom stereocenters. The summed E-state index contributed by atoms with van der Waals surface area (Å²) in [5, 5.41) is 13.7. The number of hydrogen-bond acceptors (Lipinski definition) is 8. The Labute approximate surface area is 214 Å². The summed E-state index contributed by atoms with van der Waals surface area (Å²) in [5.41, 5.74) is 1.75. The molecule has 37 heavy (non-hydrogen) atoms. The van der Waals surface area contributed by atoms with E-state index in [1.165, 1.54) is 37.6 Å². The standard InChI is InChI=1S/C26H29N5O6/c1-36-23-8-6-20(7-9-23)29-12-10-28(11-13-29)16-22-15-24(32)25(37-2)17-30(22)18-26(33)27-19-4-3-5-21(14-19)31(34)35/h3-9,14-15,17H,10-13,16,18H2,1-2H3,(H,27,33). The predicted octanol–water partition coefficient (Wildman–Crippen LogP) is 2.73. The Kier molecular flexibility index (Phi) is 8.04. The van der Waals surface area contributed by atoms with Crippen LogP contribution in [-0.4, -0.2) is 60.7 Å². The number of non-ortho nitro benzene ring substituents is 1. The highest BCUT2D eigenvalue weighted by molar-refractivity contribution is 5.90. The molecule has 0 aliphatic carbocycles. The van der Waals surface area contributed by atoms with Crippen LogP contribution in [0.3, 0.4) is 0 Å². The first-order chi connectivity index (χ1) is 17.9. The van der Waals surface area contributed by atoms with E-state index in [-0.39, 0.29) is 29.3 Å². The molecule has 1 amide bonds. The van der Waals surface area contributed by atoms with Gasteiger partial charge >= 0.3 is 0 Å². The van der Waals surface area contributed by atoms with E-state index in [1.807, 2.05) is 24.3 Å². The second-order valence-corrected chi connectivity index (χ2v) is 8.64. The van der Waals surface area contributed by atoms with Crippen LogP contribution in [0.4, 0.5) is 17.1 Å². The van der Waals surface area contributed by atoms with Gasteiger partial charge in [0.05, 0.1) is 25.3 Å². The smallest absolute Gasteiger partial charge is 0.271 e. The maximum atomic E-state index is 12.8. The average molecular weight is 508 g/mol. The van der Waals surface area contributed by atoms with Gasteiger partial charge in [0.15, 0.2) is 5.75 Å². The topological polar surface area (TPSA) is 119 Å². The molecule has 1 aromatic heterocycles. The number of anilines is 2. The molecule has 1 aliphatic rings. The number of nitro groups is 1. The zero-order chi connectivity index (χ0) is 26.4. The molecule has 11 heteroatoms. The number of benzene rings is 2. The van der Waals surface area contributed by atoms with Crippen LogP contribution in [0.1, 0.15) is 5.69 Å². The molecule has 4 rings (SSSR count). The minimum atomic E-state index is -0.519. The molecule has 0 radical (unpaired) electrons. The molecule has 2 heterocycles. The van der Waals surface area contributed by atoms with E-state index in [1.54, 1.807) is 17.7 Å². The lowest BCUT2D eigenvalue weighted by Gasteiger charge is -2.36. The van der Waals surface area contributed by atoms with Crippen molar-refractivity contribution in [3.8, 4) is 11.5 Å². The molecule has 11 nitrogen and oxygen atoms in total. The van der Waals surface area contributed by atoms with E-state index in [0.29, 0.717) is 17.9 Å². The highest BCUT2D eigenvalue weighted by atomic mass is 16.6. The van der Waals surface area contributed by atoms with Gasteiger partial charge in [-0.25, -0.2) is 0 Å². The molecule has 1 fully saturated rings. The first kappa shape index (κ1) is 25.7. The molecule has 0 atom stereocenters. The lowest BCUT2D eigenvalue weighted by molar-refractivity contribution is -0.384. The van der Waals surface area contributed by atoms with Gasteiger partial charge in [-0.3, -0.25) is 24.6 Å². The van der Waals surface area contributed by atoms with Crippen molar-refractivity contribution in [1.29, 1.82) is 0 Å². The molecule has 0 spiro atoms. The Morgan fingerprint density at radius 3 is 2.41 bits per heavy atom. The van der Waals surface area contributed by atoms with Crippen LogP contribution in [0.25, 0.3) is 0 Å². The Hall–Kier alpha value is -4.38. The van der Waals surface area contributed by atoms with Crippen molar-refractivity contribution in [2.75, 3.05) is 50.6 Å². The van der Waals surface area contributed by atoms with Crippen molar-refractivity contribution in [1.82, 2.24) is 9.47 Å². The third-order valence-electron chi connectivity index (χ3n) is 6.25. The number of carbonyl (C=O) groups is 1. The summed E-state index contributed by atoms with van der Waals surface area (Å²) in [5.74, 6) is 0.572. The van der Waals surface area contributed by atoms with Gasteiger partial charge < -0.3 is 24.3 Å². The first-order valence-corrected chi connectivity index (χ1v) is 11.8. The molecular weight excluding hydrogens is 478 g/mol. The number of amides is 1. The number of rotatable bonds is 9. The van der Waals surface area contributed by atoms with Crippen LogP contribution in [-0.2, 0) is 17.9 Å². The lowest BCUT2D eigenvalue weighted by Crippen LogP contribution is -2.46. The van der Waals surface area contributed by atoms with Crippen molar-refractivity contribution in [2.24, 2.45) is 0 Å². The van der Waals surface area contributed by atoms with Crippen LogP contribution < -0.4 is 25.1 Å². The maximum Gasteiger partial charge on any atom is 0.271 e. The van der Waals surface area contributed by atoms with Crippen molar-refractivity contribution < 1.29 is 19.2 Å². The van der Waals surface area contributed by atoms with E-state index >= 15 is 0 Å². The molecule has 1 aliphatic heterocycles. The summed E-state index contributed by atoms with van der Waals surface area (Å²) in [6, 6.07) is 15.2. The number of pyridine rings is 1. The zero-order valence-electron chi connectivity index (χ0n) is 20.8. The first-order valence-electron chi connectivity index (χ1n) is 11.8. The molecule has 3 aromatic rings. The summed E-state index contributed by atoms with van der Waals surface area (Å²) in [4.78, 5) is 40.3. The van der Waals surface area contributed by atoms with Gasteiger partial charge in [0.2, 0.25) is 11.3 Å². The van der Waals surface area contributed by atoms with Crippen LogP contribution in [0, 0.1) is 10.1 Å². The van der Waals surface area contributed by atoms with Gasteiger partial charge in [-0.05, 0) is 30.3 Å². The Morgan fingerprint density at radius 1 is 1.03 bits per heavy atom. The van der Waals surface area contributed by atoms with Crippen LogP contribution in [0.5, 0.6) is 11.5 Å². The number of nitrogens with one attached hydrogen (secondary N) is 1. The largest absolute Gasteiger partial charge is 0.497 e. The van der Waals surface area contributed by atoms with E-state index in [9.17, 15) is 19.7 Å². The average Bonchev–Trinajstić information content (AvgIpc) is 2.90. The Balaban J connectivity index is 1.44. The third kappa shape index (κ3) is 6.44. The molecule has 0 saturated carbocycles. The summed E-state index contributed by atoms with van der Waals surface area (Å²) < 4.78 is 12.1. The van der Waals surface area contributed by atoms with E-state index in [4.69, 9.17) is 9.47 Å². The van der Waals surface area contributed by atoms with Crippen LogP contribution >= 0.6 is 0 Å². The monoisotopic (exact) mass is 507 g/mol. The fraction of sp³-hybridized carbons (Fsp3) is 0.308. The molecule has 1 saturated heterocycles. The quantitative estimate of drug-likeness (QED) is 0.347. The van der Waals surface area contributed by atoms with Crippen molar-refractivity contribution in [2.45, 2.75) is 13.1 Å². The summed E-state index contributed by atoms with van der Waals surface area (Å²) in [6.45, 7) is 3.61. The summed E-state index contributed by atoms with van der Waals surface area (Å²) in [6.07, 6.45) is 1.53. The number of methoxy groups -OCH3 is 2. The lowest BCUT2D eigenvalue weighted by atomic mass is 10.2. The van der Waals surface area contributed by atoms with E-state index in [2.05, 4.69) is 15.1 Å². The maximum absolute atomic E-state index is 12.8. The normalized spacial score (nSPS) is 13.7. The Bertz CT molecular complexity index is 1320. The summed E-state index contributed by atoms with van der Waals surface area (Å²) >= 11 is 0. The number of hydrogen-bond donors (Lipinski definition) is 1. The Morgan fingerprint density at radius 2 is 1.76 bits per heavy atom. The van der Waals surface area contributed by atoms with Crippen LogP contribution in [0.15, 0.2) is 65.6 Å². The number of aromatic nitrogens is 1. The zero-order valence-corrected chi connectivity index (χ0v) is 20.8. The fourth-order valence-electron chi connectivity index (χ4n) is 4.27. The molecule has 1 N–H and O–H groups in total. The van der Waals surface area contributed by atoms with Gasteiger partial charge in [-0.2, -0.15) is 0 Å². The number of nitro benzene ring substituents is 1. The number of ether oxygens (including phenoxy) is 2. The van der Waals surface area contributed by atoms with Gasteiger partial charge in [0.25, 0.3) is 5.69 Å². The second-order valence-electron chi connectivity index (χ2n) is 8.64.